The van der Waals surface area contributed by atoms with E-state index in [1.54, 1.807) is 23.9 Å². The first kappa shape index (κ1) is 25.5. The van der Waals surface area contributed by atoms with Gasteiger partial charge in [-0.15, -0.1) is 11.8 Å². The lowest BCUT2D eigenvalue weighted by atomic mass is 10.0. The minimum Gasteiger partial charge on any atom is -0.451 e. The number of amides is 3. The van der Waals surface area contributed by atoms with Gasteiger partial charge in [-0.3, -0.25) is 19.6 Å². The number of unbranched alkanes of at least 4 members (excludes halogenated alkanes) is 2. The van der Waals surface area contributed by atoms with Crippen molar-refractivity contribution in [3.8, 4) is 11.3 Å². The number of hydrogen-bond acceptors (Lipinski definition) is 6. The third kappa shape index (κ3) is 8.05. The van der Waals surface area contributed by atoms with Gasteiger partial charge in [0.15, 0.2) is 5.76 Å². The summed E-state index contributed by atoms with van der Waals surface area (Å²) in [4.78, 5) is 36.6. The summed E-state index contributed by atoms with van der Waals surface area (Å²) < 4.78 is 5.69. The van der Waals surface area contributed by atoms with Crippen LogP contribution in [0, 0.1) is 5.92 Å². The number of carbonyl (C=O) groups is 3. The van der Waals surface area contributed by atoms with Crippen LogP contribution in [0.15, 0.2) is 45.7 Å². The molecule has 1 heterocycles. The van der Waals surface area contributed by atoms with Crippen LogP contribution in [0.5, 0.6) is 0 Å². The number of thioether (sulfide) groups is 1. The van der Waals surface area contributed by atoms with Gasteiger partial charge in [0.2, 0.25) is 12.3 Å². The standard InChI is InChI=1S/C23H31N3O5S/c1-3-5-6-8-18(14-26(30)16-27)22(28)24-15-25-23(29)21-12-11-20(31-21)17-9-7-10-19(13-17)32-4-2/h7,9-13,16,18,30H,3-6,8,14-15H2,1-2H3,(H,24,28)(H,25,29)/t18-/m1/s1. The number of carbonyl (C=O) groups excluding carboxylic acids is 3. The molecule has 3 N–H and O–H groups in total. The van der Waals surface area contributed by atoms with E-state index < -0.39 is 11.8 Å². The number of nitrogens with one attached hydrogen (secondary N) is 2. The van der Waals surface area contributed by atoms with Crippen molar-refractivity contribution in [1.29, 1.82) is 0 Å². The second-order valence-corrected chi connectivity index (χ2v) is 8.61. The highest BCUT2D eigenvalue weighted by Gasteiger charge is 2.21. The lowest BCUT2D eigenvalue weighted by Crippen LogP contribution is -2.42. The van der Waals surface area contributed by atoms with Crippen LogP contribution in [-0.4, -0.2) is 47.5 Å². The highest BCUT2D eigenvalue weighted by Crippen LogP contribution is 2.27. The summed E-state index contributed by atoms with van der Waals surface area (Å²) in [6, 6.07) is 11.2. The largest absolute Gasteiger partial charge is 0.451 e. The second-order valence-electron chi connectivity index (χ2n) is 7.27. The highest BCUT2D eigenvalue weighted by atomic mass is 32.2. The Hall–Kier alpha value is -2.78. The number of benzene rings is 1. The Morgan fingerprint density at radius 1 is 1.19 bits per heavy atom. The number of hydroxylamine groups is 2. The smallest absolute Gasteiger partial charge is 0.288 e. The fraction of sp³-hybridized carbons (Fsp3) is 0.435. The zero-order chi connectivity index (χ0) is 23.3. The summed E-state index contributed by atoms with van der Waals surface area (Å²) in [5.74, 6) is 0.349. The van der Waals surface area contributed by atoms with Gasteiger partial charge >= 0.3 is 0 Å². The minimum absolute atomic E-state index is 0.0902. The molecule has 0 aliphatic carbocycles. The fourth-order valence-corrected chi connectivity index (χ4v) is 3.90. The Bertz CT molecular complexity index is 886. The predicted molar refractivity (Wildman–Crippen MR) is 123 cm³/mol. The molecule has 0 saturated heterocycles. The predicted octanol–water partition coefficient (Wildman–Crippen LogP) is 3.91. The van der Waals surface area contributed by atoms with Crippen molar-refractivity contribution >= 4 is 30.0 Å². The third-order valence-corrected chi connectivity index (χ3v) is 5.70. The average Bonchev–Trinajstić information content (AvgIpc) is 3.29. The van der Waals surface area contributed by atoms with Gasteiger partial charge in [-0.25, -0.2) is 5.06 Å². The van der Waals surface area contributed by atoms with Crippen LogP contribution < -0.4 is 10.6 Å². The Kier molecular flexibility index (Phi) is 10.8. The molecule has 0 aliphatic rings. The quantitative estimate of drug-likeness (QED) is 0.0982. The Balaban J connectivity index is 1.89. The summed E-state index contributed by atoms with van der Waals surface area (Å²) in [5, 5.41) is 15.1. The van der Waals surface area contributed by atoms with Crippen LogP contribution in [0.25, 0.3) is 11.3 Å². The van der Waals surface area contributed by atoms with Gasteiger partial charge in [0.1, 0.15) is 5.76 Å². The van der Waals surface area contributed by atoms with E-state index >= 15 is 0 Å². The molecule has 1 atom stereocenters. The molecule has 8 nitrogen and oxygen atoms in total. The lowest BCUT2D eigenvalue weighted by molar-refractivity contribution is -0.154. The van der Waals surface area contributed by atoms with Gasteiger partial charge in [0.25, 0.3) is 5.91 Å². The number of furan rings is 1. The van der Waals surface area contributed by atoms with Crippen molar-refractivity contribution < 1.29 is 24.0 Å². The molecule has 1 aromatic carbocycles. The molecule has 0 saturated carbocycles. The SMILES string of the molecule is CCCCC[C@H](CN(O)C=O)C(=O)NCNC(=O)c1ccc(-c2cccc(SCC)c2)o1. The monoisotopic (exact) mass is 461 g/mol. The molecular formula is C23H31N3O5S. The van der Waals surface area contributed by atoms with Gasteiger partial charge in [-0.05, 0) is 36.4 Å². The zero-order valence-electron chi connectivity index (χ0n) is 18.5. The summed E-state index contributed by atoms with van der Waals surface area (Å²) in [6.07, 6.45) is 3.56. The summed E-state index contributed by atoms with van der Waals surface area (Å²) in [6.45, 7) is 3.95. The van der Waals surface area contributed by atoms with E-state index in [2.05, 4.69) is 24.5 Å². The van der Waals surface area contributed by atoms with Crippen LogP contribution in [0.3, 0.4) is 0 Å². The Labute approximate surface area is 192 Å². The van der Waals surface area contributed by atoms with Gasteiger partial charge in [0.05, 0.1) is 19.1 Å². The molecule has 3 amide bonds. The molecule has 2 aromatic rings. The molecule has 2 rings (SSSR count). The lowest BCUT2D eigenvalue weighted by Gasteiger charge is -2.19. The minimum atomic E-state index is -0.558. The van der Waals surface area contributed by atoms with Crippen molar-refractivity contribution in [2.24, 2.45) is 5.92 Å². The first-order valence-corrected chi connectivity index (χ1v) is 11.8. The van der Waals surface area contributed by atoms with Crippen molar-refractivity contribution in [3.05, 3.63) is 42.2 Å². The molecule has 0 unspecified atom stereocenters. The van der Waals surface area contributed by atoms with E-state index in [9.17, 15) is 19.6 Å². The molecular weight excluding hydrogens is 430 g/mol. The topological polar surface area (TPSA) is 112 Å². The molecule has 0 aliphatic heterocycles. The molecule has 1 aromatic heterocycles. The zero-order valence-corrected chi connectivity index (χ0v) is 19.3. The van der Waals surface area contributed by atoms with E-state index in [0.717, 1.165) is 35.5 Å². The Morgan fingerprint density at radius 3 is 2.72 bits per heavy atom. The first-order chi connectivity index (χ1) is 15.5. The van der Waals surface area contributed by atoms with Crippen molar-refractivity contribution in [1.82, 2.24) is 15.7 Å². The number of nitrogens with zero attached hydrogens (tertiary/aromatic N) is 1. The second kappa shape index (κ2) is 13.6. The third-order valence-electron chi connectivity index (χ3n) is 4.83. The van der Waals surface area contributed by atoms with E-state index in [4.69, 9.17) is 4.42 Å². The van der Waals surface area contributed by atoms with E-state index in [0.29, 0.717) is 17.2 Å². The molecule has 0 spiro atoms. The van der Waals surface area contributed by atoms with Crippen molar-refractivity contribution in [3.63, 3.8) is 0 Å². The average molecular weight is 462 g/mol. The highest BCUT2D eigenvalue weighted by molar-refractivity contribution is 7.99. The van der Waals surface area contributed by atoms with Crippen LogP contribution in [0.1, 0.15) is 50.1 Å². The van der Waals surface area contributed by atoms with E-state index in [1.165, 1.54) is 0 Å². The van der Waals surface area contributed by atoms with Crippen molar-refractivity contribution in [2.75, 3.05) is 19.0 Å². The van der Waals surface area contributed by atoms with Crippen LogP contribution in [-0.2, 0) is 9.59 Å². The van der Waals surface area contributed by atoms with E-state index in [-0.39, 0.29) is 31.3 Å². The van der Waals surface area contributed by atoms with Gasteiger partial charge in [0, 0.05) is 10.5 Å². The normalized spacial score (nSPS) is 11.6. The van der Waals surface area contributed by atoms with Gasteiger partial charge < -0.3 is 15.1 Å². The molecule has 0 bridgehead atoms. The summed E-state index contributed by atoms with van der Waals surface area (Å²) in [7, 11) is 0. The maximum absolute atomic E-state index is 12.4. The fourth-order valence-electron chi connectivity index (χ4n) is 3.18. The summed E-state index contributed by atoms with van der Waals surface area (Å²) >= 11 is 1.73. The molecule has 32 heavy (non-hydrogen) atoms. The first-order valence-electron chi connectivity index (χ1n) is 10.8. The summed E-state index contributed by atoms with van der Waals surface area (Å²) in [5.41, 5.74) is 0.884. The van der Waals surface area contributed by atoms with Crippen LogP contribution >= 0.6 is 11.8 Å². The van der Waals surface area contributed by atoms with Crippen LogP contribution in [0.4, 0.5) is 0 Å². The van der Waals surface area contributed by atoms with Gasteiger partial charge in [-0.1, -0.05) is 45.2 Å². The molecule has 174 valence electrons. The molecule has 0 radical (unpaired) electrons. The Morgan fingerprint density at radius 2 is 2.00 bits per heavy atom. The number of hydrogen-bond donors (Lipinski definition) is 3. The van der Waals surface area contributed by atoms with Gasteiger partial charge in [-0.2, -0.15) is 0 Å². The molecule has 9 heteroatoms. The maximum Gasteiger partial charge on any atom is 0.288 e. The maximum atomic E-state index is 12.4. The van der Waals surface area contributed by atoms with E-state index in [1.807, 2.05) is 24.3 Å². The van der Waals surface area contributed by atoms with Crippen molar-refractivity contribution in [2.45, 2.75) is 44.4 Å². The number of rotatable bonds is 14. The van der Waals surface area contributed by atoms with Crippen LogP contribution in [0.2, 0.25) is 0 Å². The molecule has 0 fully saturated rings.